The van der Waals surface area contributed by atoms with Crippen LogP contribution in [0.3, 0.4) is 0 Å². The Kier molecular flexibility index (Phi) is 4.38. The molecule has 2 rings (SSSR count). The summed E-state index contributed by atoms with van der Waals surface area (Å²) in [5, 5.41) is 10.8. The number of methoxy groups -OCH3 is 1. The topological polar surface area (TPSA) is 91.6 Å². The van der Waals surface area contributed by atoms with Crippen LogP contribution in [0.5, 0.6) is 5.75 Å². The van der Waals surface area contributed by atoms with Crippen LogP contribution in [0, 0.1) is 10.1 Å². The smallest absolute Gasteiger partial charge is 0.420 e. The predicted octanol–water partition coefficient (Wildman–Crippen LogP) is 2.92. The number of ether oxygens (including phenoxy) is 2. The number of hydrogen-bond donors (Lipinski definition) is 0. The monoisotopic (exact) mass is 348 g/mol. The van der Waals surface area contributed by atoms with E-state index in [1.54, 1.807) is 0 Å². The molecule has 11 heteroatoms. The largest absolute Gasteiger partial charge is 0.460 e. The van der Waals surface area contributed by atoms with Crippen LogP contribution >= 0.6 is 0 Å². The molecule has 1 atom stereocenters. The highest BCUT2D eigenvalue weighted by Gasteiger charge is 2.65. The van der Waals surface area contributed by atoms with Crippen LogP contribution in [-0.4, -0.2) is 35.0 Å². The second-order valence-corrected chi connectivity index (χ2v) is 4.43. The third kappa shape index (κ3) is 2.85. The molecule has 2 aromatic rings. The number of rotatable bonds is 4. The first-order chi connectivity index (χ1) is 11.1. The first-order valence-electron chi connectivity index (χ1n) is 6.17. The summed E-state index contributed by atoms with van der Waals surface area (Å²) in [6.45, 7) is 0. The lowest BCUT2D eigenvalue weighted by Crippen LogP contribution is -2.51. The molecule has 0 aliphatic heterocycles. The number of nitrogens with zero attached hydrogens (tertiary/aromatic N) is 2. The van der Waals surface area contributed by atoms with Gasteiger partial charge in [-0.3, -0.25) is 15.1 Å². The molecule has 0 N–H and O–H groups in total. The fraction of sp³-hybridized carbons (Fsp3) is 0.231. The molecule has 0 radical (unpaired) electrons. The molecule has 1 unspecified atom stereocenters. The number of nitro benzene ring substituents is 1. The predicted molar refractivity (Wildman–Crippen MR) is 70.9 cm³/mol. The zero-order valence-corrected chi connectivity index (χ0v) is 11.8. The summed E-state index contributed by atoms with van der Waals surface area (Å²) in [6.07, 6.45) is -4.50. The summed E-state index contributed by atoms with van der Waals surface area (Å²) in [5.74, 6) is -7.64. The number of non-ortho nitro benzene ring substituents is 1. The van der Waals surface area contributed by atoms with Gasteiger partial charge in [-0.25, -0.2) is 4.79 Å². The van der Waals surface area contributed by atoms with Crippen LogP contribution in [0.2, 0.25) is 0 Å². The zero-order chi connectivity index (χ0) is 18.1. The molecule has 1 aromatic carbocycles. The zero-order valence-electron chi connectivity index (χ0n) is 11.8. The van der Waals surface area contributed by atoms with Crippen molar-refractivity contribution in [1.82, 2.24) is 4.98 Å². The molecule has 0 spiro atoms. The van der Waals surface area contributed by atoms with Crippen molar-refractivity contribution < 1.29 is 36.8 Å². The van der Waals surface area contributed by atoms with Gasteiger partial charge in [-0.05, 0) is 18.2 Å². The van der Waals surface area contributed by atoms with E-state index in [0.29, 0.717) is 7.11 Å². The first kappa shape index (κ1) is 17.5. The van der Waals surface area contributed by atoms with Gasteiger partial charge < -0.3 is 9.47 Å². The number of halogens is 4. The summed E-state index contributed by atoms with van der Waals surface area (Å²) < 4.78 is 59.7. The fourth-order valence-electron chi connectivity index (χ4n) is 1.85. The molecule has 0 saturated heterocycles. The van der Waals surface area contributed by atoms with E-state index in [9.17, 15) is 32.5 Å². The second kappa shape index (κ2) is 6.00. The van der Waals surface area contributed by atoms with Gasteiger partial charge in [0.15, 0.2) is 5.75 Å². The molecule has 0 fully saturated rings. The molecule has 0 amide bonds. The number of alkyl halides is 4. The Morgan fingerprint density at radius 3 is 2.46 bits per heavy atom. The van der Waals surface area contributed by atoms with Crippen LogP contribution < -0.4 is 4.74 Å². The highest BCUT2D eigenvalue weighted by molar-refractivity contribution is 5.94. The number of carbonyl (C=O) groups excluding carboxylic acids is 1. The van der Waals surface area contributed by atoms with Gasteiger partial charge in [0.25, 0.3) is 5.69 Å². The number of benzene rings is 1. The van der Waals surface area contributed by atoms with Gasteiger partial charge in [0.1, 0.15) is 5.52 Å². The molecule has 0 aliphatic rings. The van der Waals surface area contributed by atoms with E-state index in [0.717, 1.165) is 12.1 Å². The number of aromatic nitrogens is 1. The molecule has 128 valence electrons. The Bertz CT molecular complexity index is 811. The van der Waals surface area contributed by atoms with Crippen LogP contribution in [0.4, 0.5) is 23.2 Å². The van der Waals surface area contributed by atoms with E-state index >= 15 is 0 Å². The number of esters is 1. The molecule has 24 heavy (non-hydrogen) atoms. The van der Waals surface area contributed by atoms with Crippen molar-refractivity contribution in [3.05, 3.63) is 40.6 Å². The fourth-order valence-corrected chi connectivity index (χ4v) is 1.85. The van der Waals surface area contributed by atoms with E-state index in [2.05, 4.69) is 14.5 Å². The van der Waals surface area contributed by atoms with Crippen molar-refractivity contribution in [3.63, 3.8) is 0 Å². The maximum Gasteiger partial charge on any atom is 0.460 e. The summed E-state index contributed by atoms with van der Waals surface area (Å²) in [7, 11) is 0.348. The second-order valence-electron chi connectivity index (χ2n) is 4.43. The maximum absolute atomic E-state index is 13.8. The standard InChI is InChI=1S/C13H8F4N2O5/c1-23-12(14,13(15,16)17)11(20)24-9-5-4-8(19(21)22)7-3-2-6-18-10(7)9/h2-6H,1H3. The Morgan fingerprint density at radius 2 is 1.92 bits per heavy atom. The Morgan fingerprint density at radius 1 is 1.25 bits per heavy atom. The minimum absolute atomic E-state index is 0.0957. The average Bonchev–Trinajstić information content (AvgIpc) is 2.52. The van der Waals surface area contributed by atoms with Crippen LogP contribution in [0.1, 0.15) is 0 Å². The van der Waals surface area contributed by atoms with Crippen molar-refractivity contribution in [3.8, 4) is 5.75 Å². The summed E-state index contributed by atoms with van der Waals surface area (Å²) in [5.41, 5.74) is -0.687. The lowest BCUT2D eigenvalue weighted by Gasteiger charge is -2.23. The van der Waals surface area contributed by atoms with Crippen LogP contribution in [0.15, 0.2) is 30.5 Å². The minimum Gasteiger partial charge on any atom is -0.420 e. The average molecular weight is 348 g/mol. The van der Waals surface area contributed by atoms with E-state index in [1.165, 1.54) is 18.3 Å². The Balaban J connectivity index is 2.50. The van der Waals surface area contributed by atoms with E-state index in [4.69, 9.17) is 0 Å². The van der Waals surface area contributed by atoms with Gasteiger partial charge in [0.2, 0.25) is 0 Å². The highest BCUT2D eigenvalue weighted by Crippen LogP contribution is 2.37. The molecule has 7 nitrogen and oxygen atoms in total. The number of carbonyl (C=O) groups is 1. The van der Waals surface area contributed by atoms with Crippen molar-refractivity contribution in [2.45, 2.75) is 12.0 Å². The number of pyridine rings is 1. The van der Waals surface area contributed by atoms with Crippen LogP contribution in [-0.2, 0) is 9.53 Å². The molecule has 1 aromatic heterocycles. The highest BCUT2D eigenvalue weighted by atomic mass is 19.4. The van der Waals surface area contributed by atoms with Crippen molar-refractivity contribution >= 4 is 22.6 Å². The van der Waals surface area contributed by atoms with E-state index < -0.39 is 34.4 Å². The molecular weight excluding hydrogens is 340 g/mol. The molecule has 0 saturated carbocycles. The van der Waals surface area contributed by atoms with Gasteiger partial charge in [0, 0.05) is 19.4 Å². The number of nitro groups is 1. The number of fused-ring (bicyclic) bond motifs is 1. The van der Waals surface area contributed by atoms with E-state index in [-0.39, 0.29) is 10.9 Å². The third-order valence-corrected chi connectivity index (χ3v) is 3.02. The lowest BCUT2D eigenvalue weighted by molar-refractivity contribution is -0.383. The van der Waals surface area contributed by atoms with Gasteiger partial charge in [-0.1, -0.05) is 0 Å². The lowest BCUT2D eigenvalue weighted by atomic mass is 10.1. The van der Waals surface area contributed by atoms with E-state index in [1.807, 2.05) is 0 Å². The van der Waals surface area contributed by atoms with Gasteiger partial charge in [0.05, 0.1) is 10.3 Å². The molecular formula is C13H8F4N2O5. The molecule has 0 bridgehead atoms. The summed E-state index contributed by atoms with van der Waals surface area (Å²) >= 11 is 0. The van der Waals surface area contributed by atoms with Gasteiger partial charge in [-0.2, -0.15) is 17.6 Å². The van der Waals surface area contributed by atoms with Gasteiger partial charge >= 0.3 is 18.0 Å². The SMILES string of the molecule is COC(F)(C(=O)Oc1ccc([N+](=O)[O-])c2cccnc12)C(F)(F)F. The molecule has 0 aliphatic carbocycles. The minimum atomic E-state index is -5.68. The maximum atomic E-state index is 13.8. The van der Waals surface area contributed by atoms with Crippen molar-refractivity contribution in [2.24, 2.45) is 0 Å². The first-order valence-corrected chi connectivity index (χ1v) is 6.17. The normalized spacial score (nSPS) is 14.2. The summed E-state index contributed by atoms with van der Waals surface area (Å²) in [4.78, 5) is 25.5. The number of hydrogen-bond acceptors (Lipinski definition) is 6. The molecule has 1 heterocycles. The van der Waals surface area contributed by atoms with Crippen molar-refractivity contribution in [1.29, 1.82) is 0 Å². The third-order valence-electron chi connectivity index (χ3n) is 3.02. The quantitative estimate of drug-likeness (QED) is 0.277. The summed E-state index contributed by atoms with van der Waals surface area (Å²) in [6, 6.07) is 4.33. The van der Waals surface area contributed by atoms with Crippen LogP contribution in [0.25, 0.3) is 10.9 Å². The Hall–Kier alpha value is -2.82. The van der Waals surface area contributed by atoms with Gasteiger partial charge in [-0.15, -0.1) is 0 Å². The Labute approximate surface area is 130 Å². The van der Waals surface area contributed by atoms with Crippen molar-refractivity contribution in [2.75, 3.05) is 7.11 Å².